The molecule has 8 nitrogen and oxygen atoms in total. The number of aromatic amines is 1. The van der Waals surface area contributed by atoms with Crippen LogP contribution in [0.3, 0.4) is 0 Å². The second-order valence-electron chi connectivity index (χ2n) is 6.77. The van der Waals surface area contributed by atoms with Gasteiger partial charge in [-0.1, -0.05) is 18.2 Å². The minimum atomic E-state index is -0.508. The largest absolute Gasteiger partial charge is 0.465 e. The maximum atomic E-state index is 13.0. The summed E-state index contributed by atoms with van der Waals surface area (Å²) in [6, 6.07) is 7.50. The van der Waals surface area contributed by atoms with Gasteiger partial charge in [0, 0.05) is 28.5 Å². The molecule has 0 unspecified atom stereocenters. The Morgan fingerprint density at radius 1 is 1.27 bits per heavy atom. The van der Waals surface area contributed by atoms with Crippen molar-refractivity contribution < 1.29 is 23.9 Å². The maximum absolute atomic E-state index is 13.0. The van der Waals surface area contributed by atoms with Crippen molar-refractivity contribution in [2.75, 3.05) is 25.6 Å². The lowest BCUT2D eigenvalue weighted by Crippen LogP contribution is -2.36. The Morgan fingerprint density at radius 2 is 2.07 bits per heavy atom. The summed E-state index contributed by atoms with van der Waals surface area (Å²) < 4.78 is 10.0. The molecular weight excluding hydrogens is 406 g/mol. The number of benzene rings is 1. The number of rotatable bonds is 4. The zero-order chi connectivity index (χ0) is 21.3. The van der Waals surface area contributed by atoms with Crippen LogP contribution in [0.25, 0.3) is 10.9 Å². The van der Waals surface area contributed by atoms with Crippen molar-refractivity contribution in [2.24, 2.45) is 0 Å². The van der Waals surface area contributed by atoms with E-state index >= 15 is 0 Å². The fraction of sp³-hybridized carbons (Fsp3) is 0.286. The summed E-state index contributed by atoms with van der Waals surface area (Å²) in [5.41, 5.74) is 2.50. The number of amides is 2. The topological polar surface area (TPSA) is 101 Å². The molecule has 1 aliphatic heterocycles. The first-order chi connectivity index (χ1) is 14.5. The van der Waals surface area contributed by atoms with E-state index in [1.807, 2.05) is 24.3 Å². The molecule has 0 radical (unpaired) electrons. The van der Waals surface area contributed by atoms with Crippen LogP contribution >= 0.6 is 11.3 Å². The standard InChI is InChI=1S/C21H21N3O5S/c1-3-29-21(27)24-9-8-13-16(11-24)30-19(17(13)20(26)28-2)23-18(25)14-10-22-15-7-5-4-6-12(14)15/h4-7,10,22H,3,8-9,11H2,1-2H3,(H,23,25). The lowest BCUT2D eigenvalue weighted by Gasteiger charge is -2.26. The second kappa shape index (κ2) is 8.19. The lowest BCUT2D eigenvalue weighted by atomic mass is 10.0. The molecule has 30 heavy (non-hydrogen) atoms. The number of thiophene rings is 1. The van der Waals surface area contributed by atoms with Crippen LogP contribution in [-0.4, -0.2) is 48.1 Å². The molecule has 0 saturated heterocycles. The van der Waals surface area contributed by atoms with Crippen LogP contribution in [0, 0.1) is 0 Å². The van der Waals surface area contributed by atoms with Gasteiger partial charge in [-0.15, -0.1) is 11.3 Å². The Morgan fingerprint density at radius 3 is 2.83 bits per heavy atom. The van der Waals surface area contributed by atoms with E-state index in [2.05, 4.69) is 10.3 Å². The predicted molar refractivity (Wildman–Crippen MR) is 113 cm³/mol. The number of para-hydroxylation sites is 1. The van der Waals surface area contributed by atoms with Crippen molar-refractivity contribution in [3.8, 4) is 0 Å². The van der Waals surface area contributed by atoms with Crippen LogP contribution < -0.4 is 5.32 Å². The van der Waals surface area contributed by atoms with Gasteiger partial charge in [0.2, 0.25) is 0 Å². The monoisotopic (exact) mass is 427 g/mol. The summed E-state index contributed by atoms with van der Waals surface area (Å²) in [7, 11) is 1.31. The van der Waals surface area contributed by atoms with E-state index in [1.54, 1.807) is 18.0 Å². The van der Waals surface area contributed by atoms with Crippen LogP contribution in [0.5, 0.6) is 0 Å². The van der Waals surface area contributed by atoms with E-state index in [4.69, 9.17) is 9.47 Å². The lowest BCUT2D eigenvalue weighted by molar-refractivity contribution is 0.0600. The highest BCUT2D eigenvalue weighted by Gasteiger charge is 2.31. The quantitative estimate of drug-likeness (QED) is 0.617. The van der Waals surface area contributed by atoms with Crippen LogP contribution in [0.4, 0.5) is 9.80 Å². The van der Waals surface area contributed by atoms with Crippen molar-refractivity contribution in [3.63, 3.8) is 0 Å². The smallest absolute Gasteiger partial charge is 0.410 e. The van der Waals surface area contributed by atoms with E-state index in [-0.39, 0.29) is 12.0 Å². The van der Waals surface area contributed by atoms with Gasteiger partial charge in [0.05, 0.1) is 31.4 Å². The van der Waals surface area contributed by atoms with Crippen LogP contribution in [0.1, 0.15) is 38.1 Å². The van der Waals surface area contributed by atoms with Crippen molar-refractivity contribution in [2.45, 2.75) is 19.9 Å². The van der Waals surface area contributed by atoms with Gasteiger partial charge in [0.25, 0.3) is 5.91 Å². The van der Waals surface area contributed by atoms with Gasteiger partial charge in [-0.3, -0.25) is 4.79 Å². The normalized spacial score (nSPS) is 13.1. The van der Waals surface area contributed by atoms with Crippen molar-refractivity contribution in [1.29, 1.82) is 0 Å². The number of ether oxygens (including phenoxy) is 2. The van der Waals surface area contributed by atoms with E-state index in [0.717, 1.165) is 21.3 Å². The van der Waals surface area contributed by atoms with E-state index in [1.165, 1.54) is 18.4 Å². The number of H-pyrrole nitrogens is 1. The fourth-order valence-corrected chi connectivity index (χ4v) is 4.86. The molecule has 9 heteroatoms. The Kier molecular flexibility index (Phi) is 5.45. The molecular formula is C21H21N3O5S. The summed E-state index contributed by atoms with van der Waals surface area (Å²) in [5.74, 6) is -0.829. The maximum Gasteiger partial charge on any atom is 0.410 e. The minimum absolute atomic E-state index is 0.298. The average molecular weight is 427 g/mol. The van der Waals surface area contributed by atoms with Gasteiger partial charge >= 0.3 is 12.1 Å². The molecule has 1 aromatic carbocycles. The third-order valence-corrected chi connectivity index (χ3v) is 6.17. The third kappa shape index (κ3) is 3.52. The molecule has 0 bridgehead atoms. The number of methoxy groups -OCH3 is 1. The van der Waals surface area contributed by atoms with Crippen LogP contribution in [-0.2, 0) is 22.4 Å². The van der Waals surface area contributed by atoms with Crippen molar-refractivity contribution in [3.05, 3.63) is 52.0 Å². The highest BCUT2D eigenvalue weighted by Crippen LogP contribution is 2.38. The van der Waals surface area contributed by atoms with Gasteiger partial charge in [-0.05, 0) is 25.0 Å². The number of fused-ring (bicyclic) bond motifs is 2. The second-order valence-corrected chi connectivity index (χ2v) is 7.88. The van der Waals surface area contributed by atoms with Crippen LogP contribution in [0.15, 0.2) is 30.5 Å². The number of hydrogen-bond acceptors (Lipinski definition) is 6. The molecule has 2 amide bonds. The Labute approximate surface area is 176 Å². The number of aromatic nitrogens is 1. The van der Waals surface area contributed by atoms with Gasteiger partial charge in [0.15, 0.2) is 0 Å². The zero-order valence-electron chi connectivity index (χ0n) is 16.6. The predicted octanol–water partition coefficient (Wildman–Crippen LogP) is 3.78. The molecule has 0 saturated carbocycles. The van der Waals surface area contributed by atoms with E-state index in [9.17, 15) is 14.4 Å². The highest BCUT2D eigenvalue weighted by molar-refractivity contribution is 7.17. The summed E-state index contributed by atoms with van der Waals surface area (Å²) in [6.07, 6.45) is 1.74. The summed E-state index contributed by atoms with van der Waals surface area (Å²) in [5, 5.41) is 4.09. The van der Waals surface area contributed by atoms with Crippen LogP contribution in [0.2, 0.25) is 0 Å². The number of anilines is 1. The van der Waals surface area contributed by atoms with E-state index < -0.39 is 5.97 Å². The first-order valence-corrected chi connectivity index (χ1v) is 10.4. The summed E-state index contributed by atoms with van der Waals surface area (Å²) >= 11 is 1.28. The number of carbonyl (C=O) groups is 3. The number of carbonyl (C=O) groups excluding carboxylic acids is 3. The molecule has 0 spiro atoms. The molecule has 0 atom stereocenters. The van der Waals surface area contributed by atoms with Gasteiger partial charge in [-0.2, -0.15) is 0 Å². The molecule has 2 aromatic heterocycles. The molecule has 0 aliphatic carbocycles. The number of nitrogens with one attached hydrogen (secondary N) is 2. The highest BCUT2D eigenvalue weighted by atomic mass is 32.1. The molecule has 3 aromatic rings. The van der Waals surface area contributed by atoms with Gasteiger partial charge < -0.3 is 24.7 Å². The number of nitrogens with zero attached hydrogens (tertiary/aromatic N) is 1. The first kappa shape index (κ1) is 20.0. The summed E-state index contributed by atoms with van der Waals surface area (Å²) in [4.78, 5) is 43.0. The van der Waals surface area contributed by atoms with E-state index in [0.29, 0.717) is 42.2 Å². The SMILES string of the molecule is CCOC(=O)N1CCc2c(sc(NC(=O)c3c[nH]c4ccccc34)c2C(=O)OC)C1. The Hall–Kier alpha value is -3.33. The first-order valence-electron chi connectivity index (χ1n) is 9.55. The summed E-state index contributed by atoms with van der Waals surface area (Å²) in [6.45, 7) is 2.81. The van der Waals surface area contributed by atoms with Gasteiger partial charge in [-0.25, -0.2) is 9.59 Å². The molecule has 0 fully saturated rings. The molecule has 156 valence electrons. The van der Waals surface area contributed by atoms with Crippen molar-refractivity contribution >= 4 is 45.2 Å². The Bertz CT molecular complexity index is 1130. The third-order valence-electron chi connectivity index (χ3n) is 5.03. The average Bonchev–Trinajstić information content (AvgIpc) is 3.34. The molecule has 3 heterocycles. The Balaban J connectivity index is 1.65. The van der Waals surface area contributed by atoms with Gasteiger partial charge in [0.1, 0.15) is 5.00 Å². The number of esters is 1. The molecule has 1 aliphatic rings. The fourth-order valence-electron chi connectivity index (χ4n) is 3.61. The molecule has 2 N–H and O–H groups in total. The number of hydrogen-bond donors (Lipinski definition) is 2. The zero-order valence-corrected chi connectivity index (χ0v) is 17.4. The van der Waals surface area contributed by atoms with Crippen molar-refractivity contribution in [1.82, 2.24) is 9.88 Å². The molecule has 4 rings (SSSR count). The minimum Gasteiger partial charge on any atom is -0.465 e.